The van der Waals surface area contributed by atoms with E-state index < -0.39 is 0 Å². The fraction of sp³-hybridized carbons (Fsp3) is 0.154. The Morgan fingerprint density at radius 2 is 2.12 bits per heavy atom. The van der Waals surface area contributed by atoms with E-state index in [1.165, 1.54) is 12.4 Å². The van der Waals surface area contributed by atoms with Crippen LogP contribution >= 0.6 is 0 Å². The number of aryl methyl sites for hydroxylation is 1. The van der Waals surface area contributed by atoms with E-state index >= 15 is 0 Å². The number of ketones is 1. The van der Waals surface area contributed by atoms with Crippen LogP contribution in [0.25, 0.3) is 0 Å². The molecule has 1 aromatic heterocycles. The van der Waals surface area contributed by atoms with E-state index in [9.17, 15) is 4.79 Å². The number of carbonyl (C=O) groups excluding carboxylic acids is 1. The molecule has 2 aromatic rings. The SMILES string of the molecule is Cc1cccc(CC(=O)c2ccnnc2)c1. The highest BCUT2D eigenvalue weighted by atomic mass is 16.1. The second-order valence-electron chi connectivity index (χ2n) is 3.72. The van der Waals surface area contributed by atoms with Crippen molar-refractivity contribution in [2.24, 2.45) is 0 Å². The molecule has 0 aliphatic heterocycles. The van der Waals surface area contributed by atoms with Crippen LogP contribution in [0.5, 0.6) is 0 Å². The molecule has 0 aliphatic carbocycles. The van der Waals surface area contributed by atoms with E-state index in [-0.39, 0.29) is 5.78 Å². The molecule has 0 aliphatic rings. The number of benzene rings is 1. The lowest BCUT2D eigenvalue weighted by Gasteiger charge is -2.01. The smallest absolute Gasteiger partial charge is 0.168 e. The first-order chi connectivity index (χ1) is 7.75. The van der Waals surface area contributed by atoms with Crippen molar-refractivity contribution in [1.82, 2.24) is 10.2 Å². The van der Waals surface area contributed by atoms with Crippen LogP contribution in [-0.2, 0) is 6.42 Å². The van der Waals surface area contributed by atoms with Gasteiger partial charge in [-0.05, 0) is 18.6 Å². The molecule has 0 atom stereocenters. The number of Topliss-reactive ketones (excluding diaryl/α,β-unsaturated/α-hetero) is 1. The van der Waals surface area contributed by atoms with Crippen LogP contribution in [0.1, 0.15) is 21.5 Å². The van der Waals surface area contributed by atoms with Crippen molar-refractivity contribution >= 4 is 5.78 Å². The maximum atomic E-state index is 11.9. The molecule has 1 aromatic carbocycles. The number of hydrogen-bond acceptors (Lipinski definition) is 3. The van der Waals surface area contributed by atoms with Crippen molar-refractivity contribution in [1.29, 1.82) is 0 Å². The van der Waals surface area contributed by atoms with Gasteiger partial charge in [0, 0.05) is 12.0 Å². The summed E-state index contributed by atoms with van der Waals surface area (Å²) in [5.74, 6) is 0.0699. The zero-order valence-corrected chi connectivity index (χ0v) is 9.05. The van der Waals surface area contributed by atoms with Gasteiger partial charge in [0.25, 0.3) is 0 Å². The second-order valence-corrected chi connectivity index (χ2v) is 3.72. The molecule has 0 bridgehead atoms. The molecule has 0 spiro atoms. The van der Waals surface area contributed by atoms with Gasteiger partial charge in [-0.25, -0.2) is 0 Å². The summed E-state index contributed by atoms with van der Waals surface area (Å²) in [7, 11) is 0. The number of carbonyl (C=O) groups is 1. The first-order valence-corrected chi connectivity index (χ1v) is 5.11. The standard InChI is InChI=1S/C13H12N2O/c1-10-3-2-4-11(7-10)8-13(16)12-5-6-14-15-9-12/h2-7,9H,8H2,1H3. The van der Waals surface area contributed by atoms with Crippen molar-refractivity contribution in [2.45, 2.75) is 13.3 Å². The summed E-state index contributed by atoms with van der Waals surface area (Å²) in [4.78, 5) is 11.9. The molecular weight excluding hydrogens is 200 g/mol. The van der Waals surface area contributed by atoms with Crippen molar-refractivity contribution in [2.75, 3.05) is 0 Å². The fourth-order valence-electron chi connectivity index (χ4n) is 1.57. The topological polar surface area (TPSA) is 42.9 Å². The highest BCUT2D eigenvalue weighted by Crippen LogP contribution is 2.08. The zero-order chi connectivity index (χ0) is 11.4. The molecule has 3 heteroatoms. The summed E-state index contributed by atoms with van der Waals surface area (Å²) >= 11 is 0. The van der Waals surface area contributed by atoms with Crippen molar-refractivity contribution in [3.63, 3.8) is 0 Å². The molecule has 80 valence electrons. The van der Waals surface area contributed by atoms with Crippen LogP contribution < -0.4 is 0 Å². The molecule has 0 N–H and O–H groups in total. The summed E-state index contributed by atoms with van der Waals surface area (Å²) < 4.78 is 0. The summed E-state index contributed by atoms with van der Waals surface area (Å²) in [6.45, 7) is 2.02. The van der Waals surface area contributed by atoms with Crippen molar-refractivity contribution in [3.05, 3.63) is 59.4 Å². The van der Waals surface area contributed by atoms with Crippen LogP contribution in [0.4, 0.5) is 0 Å². The van der Waals surface area contributed by atoms with Crippen LogP contribution in [0.3, 0.4) is 0 Å². The van der Waals surface area contributed by atoms with Crippen molar-refractivity contribution in [3.8, 4) is 0 Å². The number of nitrogens with zero attached hydrogens (tertiary/aromatic N) is 2. The Morgan fingerprint density at radius 1 is 1.25 bits per heavy atom. The van der Waals surface area contributed by atoms with Gasteiger partial charge >= 0.3 is 0 Å². The Balaban J connectivity index is 2.14. The van der Waals surface area contributed by atoms with E-state index in [0.717, 1.165) is 11.1 Å². The zero-order valence-electron chi connectivity index (χ0n) is 9.05. The normalized spacial score (nSPS) is 10.1. The van der Waals surface area contributed by atoms with Crippen LogP contribution in [0, 0.1) is 6.92 Å². The van der Waals surface area contributed by atoms with Gasteiger partial charge in [0.15, 0.2) is 5.78 Å². The summed E-state index contributed by atoms with van der Waals surface area (Å²) in [5, 5.41) is 7.34. The maximum Gasteiger partial charge on any atom is 0.168 e. The van der Waals surface area contributed by atoms with Gasteiger partial charge in [-0.3, -0.25) is 4.79 Å². The summed E-state index contributed by atoms with van der Waals surface area (Å²) in [6.07, 6.45) is 3.44. The van der Waals surface area contributed by atoms with Gasteiger partial charge in [0.2, 0.25) is 0 Å². The molecule has 1 heterocycles. The van der Waals surface area contributed by atoms with Gasteiger partial charge in [-0.15, -0.1) is 0 Å². The third-order valence-electron chi connectivity index (χ3n) is 2.35. The molecule has 0 saturated heterocycles. The Hall–Kier alpha value is -2.03. The number of aromatic nitrogens is 2. The largest absolute Gasteiger partial charge is 0.294 e. The quantitative estimate of drug-likeness (QED) is 0.732. The Labute approximate surface area is 94.2 Å². The highest BCUT2D eigenvalue weighted by molar-refractivity contribution is 5.97. The molecule has 0 unspecified atom stereocenters. The summed E-state index contributed by atoms with van der Waals surface area (Å²) in [5.41, 5.74) is 2.80. The van der Waals surface area contributed by atoms with E-state index in [1.807, 2.05) is 31.2 Å². The lowest BCUT2D eigenvalue weighted by molar-refractivity contribution is 0.0992. The number of hydrogen-bond donors (Lipinski definition) is 0. The van der Waals surface area contributed by atoms with E-state index in [0.29, 0.717) is 12.0 Å². The van der Waals surface area contributed by atoms with Crippen molar-refractivity contribution < 1.29 is 4.79 Å². The van der Waals surface area contributed by atoms with Crippen LogP contribution in [-0.4, -0.2) is 16.0 Å². The molecule has 3 nitrogen and oxygen atoms in total. The fourth-order valence-corrected chi connectivity index (χ4v) is 1.57. The first kappa shape index (κ1) is 10.5. The molecule has 2 rings (SSSR count). The van der Waals surface area contributed by atoms with E-state index in [4.69, 9.17) is 0 Å². The molecule has 0 radical (unpaired) electrons. The Kier molecular flexibility index (Phi) is 3.05. The van der Waals surface area contributed by atoms with E-state index in [2.05, 4.69) is 10.2 Å². The highest BCUT2D eigenvalue weighted by Gasteiger charge is 2.06. The lowest BCUT2D eigenvalue weighted by atomic mass is 10.0. The van der Waals surface area contributed by atoms with Crippen LogP contribution in [0.2, 0.25) is 0 Å². The average molecular weight is 212 g/mol. The first-order valence-electron chi connectivity index (χ1n) is 5.11. The van der Waals surface area contributed by atoms with Gasteiger partial charge in [-0.2, -0.15) is 10.2 Å². The minimum atomic E-state index is 0.0699. The predicted molar refractivity (Wildman–Crippen MR) is 61.2 cm³/mol. The molecule has 0 fully saturated rings. The maximum absolute atomic E-state index is 11.9. The molecule has 0 saturated carbocycles. The lowest BCUT2D eigenvalue weighted by Crippen LogP contribution is -2.04. The van der Waals surface area contributed by atoms with Crippen LogP contribution in [0.15, 0.2) is 42.7 Å². The monoisotopic (exact) mass is 212 g/mol. The van der Waals surface area contributed by atoms with Gasteiger partial charge in [0.1, 0.15) is 0 Å². The number of rotatable bonds is 3. The molecular formula is C13H12N2O. The second kappa shape index (κ2) is 4.66. The third-order valence-corrected chi connectivity index (χ3v) is 2.35. The van der Waals surface area contributed by atoms with E-state index in [1.54, 1.807) is 6.07 Å². The molecule has 16 heavy (non-hydrogen) atoms. The Bertz CT molecular complexity index is 494. The Morgan fingerprint density at radius 3 is 2.81 bits per heavy atom. The minimum Gasteiger partial charge on any atom is -0.294 e. The van der Waals surface area contributed by atoms with Gasteiger partial charge in [0.05, 0.1) is 12.4 Å². The minimum absolute atomic E-state index is 0.0699. The van der Waals surface area contributed by atoms with Gasteiger partial charge < -0.3 is 0 Å². The average Bonchev–Trinajstić information content (AvgIpc) is 2.30. The molecule has 0 amide bonds. The predicted octanol–water partition coefficient (Wildman–Crippen LogP) is 2.21. The summed E-state index contributed by atoms with van der Waals surface area (Å²) in [6, 6.07) is 9.64. The third kappa shape index (κ3) is 2.51. The van der Waals surface area contributed by atoms with Gasteiger partial charge in [-0.1, -0.05) is 29.8 Å².